The molecule has 1 saturated carbocycles. The molecule has 45 heavy (non-hydrogen) atoms. The summed E-state index contributed by atoms with van der Waals surface area (Å²) >= 11 is 0. The second-order valence-electron chi connectivity index (χ2n) is 13.7. The second kappa shape index (κ2) is 13.5. The molecule has 2 aliphatic rings. The number of rotatable bonds is 11. The van der Waals surface area contributed by atoms with Crippen molar-refractivity contribution in [2.45, 2.75) is 98.3 Å². The number of aromatic nitrogens is 2. The molecule has 1 aliphatic carbocycles. The van der Waals surface area contributed by atoms with Crippen molar-refractivity contribution in [3.05, 3.63) is 52.4 Å². The number of alkyl carbamates (subject to hydrolysis) is 2. The molecule has 12 heteroatoms. The number of amides is 2. The van der Waals surface area contributed by atoms with Crippen molar-refractivity contribution in [1.82, 2.24) is 25.7 Å². The predicted molar refractivity (Wildman–Crippen MR) is 167 cm³/mol. The smallest absolute Gasteiger partial charge is 0.407 e. The largest absolute Gasteiger partial charge is 0.491 e. The van der Waals surface area contributed by atoms with Gasteiger partial charge in [0.1, 0.15) is 29.6 Å². The van der Waals surface area contributed by atoms with E-state index in [1.165, 1.54) is 0 Å². The van der Waals surface area contributed by atoms with Crippen LogP contribution >= 0.6 is 0 Å². The SMILES string of the molecule is CC1=C(C(=O)c2cc(C)ccc2OCCNC(=O)OC(C)(C)C)C(C)C(c2nnc(C3CC3)o2)N1CCNC(=O)OC(C)(C)C. The normalized spacial score (nSPS) is 18.6. The van der Waals surface area contributed by atoms with Crippen molar-refractivity contribution in [3.63, 3.8) is 0 Å². The van der Waals surface area contributed by atoms with Gasteiger partial charge in [0.15, 0.2) is 5.78 Å². The first-order valence-electron chi connectivity index (χ1n) is 15.6. The van der Waals surface area contributed by atoms with Crippen LogP contribution in [0.1, 0.15) is 108 Å². The van der Waals surface area contributed by atoms with E-state index in [-0.39, 0.29) is 37.3 Å². The molecule has 2 atom stereocenters. The summed E-state index contributed by atoms with van der Waals surface area (Å²) in [6.07, 6.45) is 0.997. The Morgan fingerprint density at radius 3 is 2.13 bits per heavy atom. The van der Waals surface area contributed by atoms with Crippen molar-refractivity contribution in [2.75, 3.05) is 26.2 Å². The second-order valence-corrected chi connectivity index (χ2v) is 13.7. The Labute approximate surface area is 265 Å². The molecule has 1 fully saturated rings. The molecule has 2 amide bonds. The van der Waals surface area contributed by atoms with Crippen LogP contribution in [0.5, 0.6) is 5.75 Å². The van der Waals surface area contributed by atoms with Crippen LogP contribution in [-0.2, 0) is 9.47 Å². The van der Waals surface area contributed by atoms with Gasteiger partial charge < -0.3 is 34.2 Å². The lowest BCUT2D eigenvalue weighted by atomic mass is 9.89. The minimum Gasteiger partial charge on any atom is -0.491 e. The predicted octanol–water partition coefficient (Wildman–Crippen LogP) is 5.83. The van der Waals surface area contributed by atoms with Crippen LogP contribution in [-0.4, -0.2) is 70.5 Å². The first kappa shape index (κ1) is 33.8. The summed E-state index contributed by atoms with van der Waals surface area (Å²) in [7, 11) is 0. The van der Waals surface area contributed by atoms with E-state index in [9.17, 15) is 14.4 Å². The van der Waals surface area contributed by atoms with E-state index in [1.54, 1.807) is 26.8 Å². The van der Waals surface area contributed by atoms with Crippen molar-refractivity contribution >= 4 is 18.0 Å². The molecule has 2 unspecified atom stereocenters. The van der Waals surface area contributed by atoms with Crippen LogP contribution in [0.3, 0.4) is 0 Å². The van der Waals surface area contributed by atoms with E-state index in [4.69, 9.17) is 18.6 Å². The van der Waals surface area contributed by atoms with Crippen LogP contribution in [0.2, 0.25) is 0 Å². The Balaban J connectivity index is 1.54. The Morgan fingerprint density at radius 1 is 0.933 bits per heavy atom. The molecule has 0 spiro atoms. The summed E-state index contributed by atoms with van der Waals surface area (Å²) in [5.41, 5.74) is 1.46. The number of nitrogens with zero attached hydrogens (tertiary/aromatic N) is 3. The Kier molecular flexibility index (Phi) is 10.1. The zero-order valence-corrected chi connectivity index (χ0v) is 27.9. The minimum absolute atomic E-state index is 0.146. The highest BCUT2D eigenvalue weighted by molar-refractivity contribution is 6.11. The molecule has 2 N–H and O–H groups in total. The van der Waals surface area contributed by atoms with Crippen LogP contribution in [0, 0.1) is 12.8 Å². The summed E-state index contributed by atoms with van der Waals surface area (Å²) in [5.74, 6) is 1.30. The van der Waals surface area contributed by atoms with Crippen LogP contribution in [0.4, 0.5) is 9.59 Å². The summed E-state index contributed by atoms with van der Waals surface area (Å²) in [6, 6.07) is 5.07. The molecule has 2 aromatic rings. The van der Waals surface area contributed by atoms with Crippen LogP contribution in [0.25, 0.3) is 0 Å². The van der Waals surface area contributed by atoms with Crippen molar-refractivity contribution in [1.29, 1.82) is 0 Å². The Hall–Kier alpha value is -4.09. The number of ether oxygens (including phenoxy) is 3. The van der Waals surface area contributed by atoms with Crippen LogP contribution < -0.4 is 15.4 Å². The summed E-state index contributed by atoms with van der Waals surface area (Å²) < 4.78 is 22.8. The van der Waals surface area contributed by atoms with Gasteiger partial charge >= 0.3 is 12.2 Å². The maximum atomic E-state index is 14.3. The highest BCUT2D eigenvalue weighted by Gasteiger charge is 2.44. The third kappa shape index (κ3) is 8.98. The maximum absolute atomic E-state index is 14.3. The first-order chi connectivity index (χ1) is 21.0. The van der Waals surface area contributed by atoms with E-state index in [0.29, 0.717) is 35.2 Å². The number of aryl methyl sites for hydroxylation is 1. The quantitative estimate of drug-likeness (QED) is 0.231. The topological polar surface area (TPSA) is 145 Å². The lowest BCUT2D eigenvalue weighted by Gasteiger charge is -2.28. The van der Waals surface area contributed by atoms with Gasteiger partial charge in [0.25, 0.3) is 0 Å². The summed E-state index contributed by atoms with van der Waals surface area (Å²) in [5, 5.41) is 14.2. The fourth-order valence-electron chi connectivity index (χ4n) is 5.32. The minimum atomic E-state index is -0.619. The van der Waals surface area contributed by atoms with Crippen molar-refractivity contribution in [2.24, 2.45) is 5.92 Å². The van der Waals surface area contributed by atoms with Gasteiger partial charge in [-0.25, -0.2) is 9.59 Å². The lowest BCUT2D eigenvalue weighted by Crippen LogP contribution is -2.38. The number of carbonyl (C=O) groups excluding carboxylic acids is 3. The van der Waals surface area contributed by atoms with Crippen LogP contribution in [0.15, 0.2) is 33.9 Å². The molecule has 0 saturated heterocycles. The van der Waals surface area contributed by atoms with Gasteiger partial charge in [-0.2, -0.15) is 0 Å². The molecule has 1 aromatic heterocycles. The van der Waals surface area contributed by atoms with Gasteiger partial charge in [-0.05, 0) is 80.4 Å². The number of nitrogens with one attached hydrogen (secondary N) is 2. The molecular weight excluding hydrogens is 578 g/mol. The maximum Gasteiger partial charge on any atom is 0.407 e. The number of allylic oxidation sites excluding steroid dienone is 1. The third-order valence-corrected chi connectivity index (χ3v) is 7.39. The van der Waals surface area contributed by atoms with E-state index in [1.807, 2.05) is 58.6 Å². The molecule has 0 bridgehead atoms. The monoisotopic (exact) mass is 625 g/mol. The van der Waals surface area contributed by atoms with Gasteiger partial charge in [0.2, 0.25) is 11.8 Å². The van der Waals surface area contributed by atoms with Gasteiger partial charge in [0.05, 0.1) is 12.1 Å². The van der Waals surface area contributed by atoms with Gasteiger partial charge in [0, 0.05) is 36.2 Å². The number of ketones is 1. The van der Waals surface area contributed by atoms with Gasteiger partial charge in [-0.15, -0.1) is 10.2 Å². The standard InChI is InChI=1S/C33H47N5O7/c1-19-10-13-24(42-17-15-35-31(41)45-33(7,8)9)23(18-19)27(39)25-20(2)26(29-37-36-28(43-29)22-11-12-22)38(21(25)3)16-14-34-30(40)44-32(4,5)6/h10,13,18,20,22,26H,11-12,14-17H2,1-9H3,(H,34,40)(H,35,41). The van der Waals surface area contributed by atoms with E-state index < -0.39 is 29.4 Å². The Bertz CT molecular complexity index is 1430. The molecular formula is C33H47N5O7. The van der Waals surface area contributed by atoms with E-state index in [0.717, 1.165) is 24.1 Å². The molecule has 2 heterocycles. The summed E-state index contributed by atoms with van der Waals surface area (Å²) in [4.78, 5) is 40.7. The number of hydrogen-bond acceptors (Lipinski definition) is 10. The lowest BCUT2D eigenvalue weighted by molar-refractivity contribution is 0.0509. The number of hydrogen-bond donors (Lipinski definition) is 2. The summed E-state index contributed by atoms with van der Waals surface area (Å²) in [6.45, 7) is 17.6. The van der Waals surface area contributed by atoms with E-state index in [2.05, 4.69) is 20.8 Å². The molecule has 1 aliphatic heterocycles. The molecule has 246 valence electrons. The molecule has 4 rings (SSSR count). The first-order valence-corrected chi connectivity index (χ1v) is 15.6. The average molecular weight is 626 g/mol. The van der Waals surface area contributed by atoms with Crippen molar-refractivity contribution in [3.8, 4) is 5.75 Å². The van der Waals surface area contributed by atoms with Gasteiger partial charge in [-0.3, -0.25) is 4.79 Å². The zero-order chi connectivity index (χ0) is 33.1. The molecule has 1 aromatic carbocycles. The molecule has 0 radical (unpaired) electrons. The highest BCUT2D eigenvalue weighted by Crippen LogP contribution is 2.46. The highest BCUT2D eigenvalue weighted by atomic mass is 16.6. The number of benzene rings is 1. The Morgan fingerprint density at radius 2 is 1.53 bits per heavy atom. The average Bonchev–Trinajstić information content (AvgIpc) is 3.60. The van der Waals surface area contributed by atoms with Crippen molar-refractivity contribution < 1.29 is 33.0 Å². The fourth-order valence-corrected chi connectivity index (χ4v) is 5.32. The molecule has 12 nitrogen and oxygen atoms in total. The van der Waals surface area contributed by atoms with E-state index >= 15 is 0 Å². The number of carbonyl (C=O) groups is 3. The third-order valence-electron chi connectivity index (χ3n) is 7.39. The number of Topliss-reactive ketones (excluding diaryl/α,β-unsaturated/α-hetero) is 1. The fraction of sp³-hybridized carbons (Fsp3) is 0.606. The van der Waals surface area contributed by atoms with Gasteiger partial charge in [-0.1, -0.05) is 18.6 Å². The zero-order valence-electron chi connectivity index (χ0n) is 27.9.